The SMILES string of the molecule is COc1ccc(C(F)(F)F)cc1NC(=O)c1ccc(C)c(I)c1. The van der Waals surface area contributed by atoms with Crippen molar-refractivity contribution < 1.29 is 22.7 Å². The minimum atomic E-state index is -4.50. The summed E-state index contributed by atoms with van der Waals surface area (Å²) in [6.45, 7) is 1.90. The van der Waals surface area contributed by atoms with Gasteiger partial charge in [0, 0.05) is 9.13 Å². The lowest BCUT2D eigenvalue weighted by molar-refractivity contribution is -0.137. The van der Waals surface area contributed by atoms with E-state index in [1.54, 1.807) is 18.2 Å². The standard InChI is InChI=1S/C16H13F3INO2/c1-9-3-4-10(7-12(9)20)15(22)21-13-8-11(16(17,18)19)5-6-14(13)23-2/h3-8H,1-2H3,(H,21,22). The summed E-state index contributed by atoms with van der Waals surface area (Å²) >= 11 is 2.09. The van der Waals surface area contributed by atoms with Crippen LogP contribution in [0.4, 0.5) is 18.9 Å². The van der Waals surface area contributed by atoms with E-state index in [4.69, 9.17) is 4.74 Å². The third-order valence-corrected chi connectivity index (χ3v) is 4.37. The molecule has 0 saturated heterocycles. The summed E-state index contributed by atoms with van der Waals surface area (Å²) in [4.78, 5) is 12.3. The van der Waals surface area contributed by atoms with E-state index in [1.165, 1.54) is 13.2 Å². The fraction of sp³-hybridized carbons (Fsp3) is 0.188. The average molecular weight is 435 g/mol. The predicted molar refractivity (Wildman–Crippen MR) is 89.8 cm³/mol. The number of aryl methyl sites for hydroxylation is 1. The molecule has 0 fully saturated rings. The molecule has 7 heteroatoms. The molecule has 1 amide bonds. The molecule has 0 heterocycles. The summed E-state index contributed by atoms with van der Waals surface area (Å²) in [5, 5.41) is 2.47. The zero-order chi connectivity index (χ0) is 17.2. The van der Waals surface area contributed by atoms with Crippen molar-refractivity contribution in [2.24, 2.45) is 0 Å². The third kappa shape index (κ3) is 4.15. The lowest BCUT2D eigenvalue weighted by atomic mass is 10.1. The number of carbonyl (C=O) groups is 1. The second-order valence-corrected chi connectivity index (χ2v) is 5.99. The molecule has 2 aromatic rings. The van der Waals surface area contributed by atoms with Gasteiger partial charge in [-0.1, -0.05) is 6.07 Å². The highest BCUT2D eigenvalue weighted by Gasteiger charge is 2.31. The minimum absolute atomic E-state index is 0.0251. The number of carbonyl (C=O) groups excluding carboxylic acids is 1. The number of rotatable bonds is 3. The third-order valence-electron chi connectivity index (χ3n) is 3.21. The van der Waals surface area contributed by atoms with Gasteiger partial charge in [0.2, 0.25) is 0 Å². The summed E-state index contributed by atoms with van der Waals surface area (Å²) in [7, 11) is 1.33. The highest BCUT2D eigenvalue weighted by atomic mass is 127. The van der Waals surface area contributed by atoms with E-state index in [2.05, 4.69) is 27.9 Å². The molecule has 2 aromatic carbocycles. The topological polar surface area (TPSA) is 38.3 Å². The highest BCUT2D eigenvalue weighted by molar-refractivity contribution is 14.1. The van der Waals surface area contributed by atoms with E-state index < -0.39 is 17.6 Å². The van der Waals surface area contributed by atoms with Crippen molar-refractivity contribution in [3.8, 4) is 5.75 Å². The van der Waals surface area contributed by atoms with Gasteiger partial charge in [-0.25, -0.2) is 0 Å². The minimum Gasteiger partial charge on any atom is -0.495 e. The van der Waals surface area contributed by atoms with E-state index in [1.807, 2.05) is 6.92 Å². The quantitative estimate of drug-likeness (QED) is 0.699. The lowest BCUT2D eigenvalue weighted by Crippen LogP contribution is -2.14. The van der Waals surface area contributed by atoms with E-state index >= 15 is 0 Å². The van der Waals surface area contributed by atoms with Gasteiger partial charge in [-0.3, -0.25) is 4.79 Å². The Balaban J connectivity index is 2.34. The van der Waals surface area contributed by atoms with Crippen molar-refractivity contribution in [3.05, 3.63) is 56.7 Å². The number of benzene rings is 2. The van der Waals surface area contributed by atoms with Crippen LogP contribution in [-0.2, 0) is 6.18 Å². The monoisotopic (exact) mass is 435 g/mol. The smallest absolute Gasteiger partial charge is 0.416 e. The summed E-state index contributed by atoms with van der Waals surface area (Å²) < 4.78 is 44.3. The molecular weight excluding hydrogens is 422 g/mol. The molecular formula is C16H13F3INO2. The van der Waals surface area contributed by atoms with Gasteiger partial charge in [0.15, 0.2) is 0 Å². The molecule has 0 aromatic heterocycles. The van der Waals surface area contributed by atoms with Crippen LogP contribution in [0.25, 0.3) is 0 Å². The normalized spacial score (nSPS) is 11.2. The number of nitrogens with one attached hydrogen (secondary N) is 1. The van der Waals surface area contributed by atoms with Crippen molar-refractivity contribution in [2.45, 2.75) is 13.1 Å². The Bertz CT molecular complexity index is 745. The lowest BCUT2D eigenvalue weighted by Gasteiger charge is -2.14. The van der Waals surface area contributed by atoms with Gasteiger partial charge >= 0.3 is 6.18 Å². The molecule has 0 radical (unpaired) electrons. The van der Waals surface area contributed by atoms with E-state index in [-0.39, 0.29) is 11.4 Å². The number of hydrogen-bond donors (Lipinski definition) is 1. The van der Waals surface area contributed by atoms with Crippen molar-refractivity contribution in [1.29, 1.82) is 0 Å². The zero-order valence-electron chi connectivity index (χ0n) is 12.3. The van der Waals surface area contributed by atoms with Crippen LogP contribution in [0, 0.1) is 10.5 Å². The Morgan fingerprint density at radius 1 is 1.17 bits per heavy atom. The highest BCUT2D eigenvalue weighted by Crippen LogP contribution is 2.35. The van der Waals surface area contributed by atoms with Crippen LogP contribution in [0.2, 0.25) is 0 Å². The molecule has 1 N–H and O–H groups in total. The number of anilines is 1. The van der Waals surface area contributed by atoms with Crippen LogP contribution in [0.1, 0.15) is 21.5 Å². The Hall–Kier alpha value is -1.77. The van der Waals surface area contributed by atoms with E-state index in [0.29, 0.717) is 5.56 Å². The van der Waals surface area contributed by atoms with Crippen LogP contribution in [-0.4, -0.2) is 13.0 Å². The summed E-state index contributed by atoms with van der Waals surface area (Å²) in [5.41, 5.74) is 0.494. The fourth-order valence-electron chi connectivity index (χ4n) is 1.91. The molecule has 0 aliphatic heterocycles. The first-order valence-electron chi connectivity index (χ1n) is 6.55. The van der Waals surface area contributed by atoms with Crippen molar-refractivity contribution in [1.82, 2.24) is 0 Å². The van der Waals surface area contributed by atoms with Crippen LogP contribution in [0.3, 0.4) is 0 Å². The molecule has 0 unspecified atom stereocenters. The number of methoxy groups -OCH3 is 1. The van der Waals surface area contributed by atoms with Gasteiger partial charge in [0.1, 0.15) is 5.75 Å². The van der Waals surface area contributed by atoms with Crippen LogP contribution in [0.15, 0.2) is 36.4 Å². The second-order valence-electron chi connectivity index (χ2n) is 4.83. The van der Waals surface area contributed by atoms with E-state index in [0.717, 1.165) is 21.3 Å². The first-order chi connectivity index (χ1) is 10.7. The second kappa shape index (κ2) is 6.77. The molecule has 2 rings (SSSR count). The zero-order valence-corrected chi connectivity index (χ0v) is 14.4. The van der Waals surface area contributed by atoms with Crippen LogP contribution >= 0.6 is 22.6 Å². The molecule has 0 aliphatic carbocycles. The Morgan fingerprint density at radius 2 is 1.87 bits per heavy atom. The summed E-state index contributed by atoms with van der Waals surface area (Å²) in [6, 6.07) is 8.01. The molecule has 0 bridgehead atoms. The maximum atomic E-state index is 12.8. The fourth-order valence-corrected chi connectivity index (χ4v) is 2.43. The van der Waals surface area contributed by atoms with Gasteiger partial charge in [0.05, 0.1) is 18.4 Å². The summed E-state index contributed by atoms with van der Waals surface area (Å²) in [5.74, 6) is -0.339. The van der Waals surface area contributed by atoms with Crippen molar-refractivity contribution in [2.75, 3.05) is 12.4 Å². The maximum Gasteiger partial charge on any atom is 0.416 e. The number of hydrogen-bond acceptors (Lipinski definition) is 2. The average Bonchev–Trinajstić information content (AvgIpc) is 2.49. The van der Waals surface area contributed by atoms with E-state index in [9.17, 15) is 18.0 Å². The number of amides is 1. The van der Waals surface area contributed by atoms with Crippen LogP contribution in [0.5, 0.6) is 5.75 Å². The molecule has 0 atom stereocenters. The molecule has 0 spiro atoms. The molecule has 122 valence electrons. The molecule has 0 saturated carbocycles. The Kier molecular flexibility index (Phi) is 5.18. The van der Waals surface area contributed by atoms with Crippen LogP contribution < -0.4 is 10.1 Å². The maximum absolute atomic E-state index is 12.8. The predicted octanol–water partition coefficient (Wildman–Crippen LogP) is 4.88. The van der Waals surface area contributed by atoms with Gasteiger partial charge < -0.3 is 10.1 Å². The van der Waals surface area contributed by atoms with Gasteiger partial charge in [0.25, 0.3) is 5.91 Å². The summed E-state index contributed by atoms with van der Waals surface area (Å²) in [6.07, 6.45) is -4.50. The Labute approximate surface area is 145 Å². The van der Waals surface area contributed by atoms with Gasteiger partial charge in [-0.15, -0.1) is 0 Å². The Morgan fingerprint density at radius 3 is 2.43 bits per heavy atom. The molecule has 0 aliphatic rings. The number of halogens is 4. The molecule has 3 nitrogen and oxygen atoms in total. The largest absolute Gasteiger partial charge is 0.495 e. The van der Waals surface area contributed by atoms with Gasteiger partial charge in [-0.05, 0) is 65.4 Å². The van der Waals surface area contributed by atoms with Gasteiger partial charge in [-0.2, -0.15) is 13.2 Å². The van der Waals surface area contributed by atoms with Crippen molar-refractivity contribution >= 4 is 34.2 Å². The first-order valence-corrected chi connectivity index (χ1v) is 7.63. The number of alkyl halides is 3. The first kappa shape index (κ1) is 17.6. The van der Waals surface area contributed by atoms with Crippen molar-refractivity contribution in [3.63, 3.8) is 0 Å². The molecule has 23 heavy (non-hydrogen) atoms. The number of ether oxygens (including phenoxy) is 1.